The molecule has 2 aromatic heterocycles. The first-order chi connectivity index (χ1) is 22.4. The highest BCUT2D eigenvalue weighted by Gasteiger charge is 2.31. The minimum absolute atomic E-state index is 0.131. The lowest BCUT2D eigenvalue weighted by Crippen LogP contribution is -2.41. The lowest BCUT2D eigenvalue weighted by Gasteiger charge is -2.30. The number of aryl methyl sites for hydroxylation is 2. The van der Waals surface area contributed by atoms with Gasteiger partial charge in [0.05, 0.1) is 29.1 Å². The summed E-state index contributed by atoms with van der Waals surface area (Å²) >= 11 is 9.59. The van der Waals surface area contributed by atoms with Gasteiger partial charge in [0.25, 0.3) is 17.4 Å². The maximum absolute atomic E-state index is 14.2. The van der Waals surface area contributed by atoms with Crippen molar-refractivity contribution in [3.05, 3.63) is 126 Å². The minimum Gasteiger partial charge on any atom is -0.406 e. The van der Waals surface area contributed by atoms with Gasteiger partial charge in [-0.25, -0.2) is 4.52 Å². The molecule has 242 valence electrons. The molecule has 1 N–H and O–H groups in total. The first-order valence-electron chi connectivity index (χ1n) is 14.5. The number of carbonyl (C=O) groups is 2. The van der Waals surface area contributed by atoms with Crippen LogP contribution in [0.2, 0.25) is 5.02 Å². The van der Waals surface area contributed by atoms with Crippen LogP contribution in [0.1, 0.15) is 43.1 Å². The molecule has 0 spiro atoms. The average molecular weight is 729 g/mol. The maximum Gasteiger partial charge on any atom is 0.573 e. The van der Waals surface area contributed by atoms with Crippen LogP contribution in [0.5, 0.6) is 5.75 Å². The fourth-order valence-corrected chi connectivity index (χ4v) is 6.09. The number of fused-ring (bicyclic) bond motifs is 3. The van der Waals surface area contributed by atoms with Gasteiger partial charge in [-0.1, -0.05) is 23.7 Å². The van der Waals surface area contributed by atoms with Gasteiger partial charge in [0.1, 0.15) is 11.4 Å². The van der Waals surface area contributed by atoms with Crippen LogP contribution in [0.25, 0.3) is 11.3 Å². The second kappa shape index (κ2) is 12.9. The fraction of sp³-hybridized carbons (Fsp3) is 0.212. The monoisotopic (exact) mass is 727 g/mol. The number of nitrogens with one attached hydrogen (secondary N) is 1. The molecule has 0 unspecified atom stereocenters. The Morgan fingerprint density at radius 1 is 1.02 bits per heavy atom. The quantitative estimate of drug-likeness (QED) is 0.217. The van der Waals surface area contributed by atoms with Crippen molar-refractivity contribution in [2.45, 2.75) is 32.2 Å². The Bertz CT molecular complexity index is 2060. The molecule has 3 aromatic carbocycles. The predicted octanol–water partition coefficient (Wildman–Crippen LogP) is 6.14. The second-order valence-electron chi connectivity index (χ2n) is 10.9. The van der Waals surface area contributed by atoms with Gasteiger partial charge in [-0.15, -0.1) is 13.2 Å². The van der Waals surface area contributed by atoms with E-state index in [2.05, 4.69) is 31.1 Å². The molecule has 1 aliphatic rings. The summed E-state index contributed by atoms with van der Waals surface area (Å²) in [6.07, 6.45) is -2.01. The minimum atomic E-state index is -4.79. The van der Waals surface area contributed by atoms with E-state index < -0.39 is 6.36 Å². The third-order valence-corrected chi connectivity index (χ3v) is 9.21. The number of hydrogen-bond donors (Lipinski definition) is 1. The Morgan fingerprint density at radius 2 is 1.72 bits per heavy atom. The van der Waals surface area contributed by atoms with E-state index in [1.807, 2.05) is 0 Å². The molecule has 0 saturated carbocycles. The van der Waals surface area contributed by atoms with Crippen LogP contribution in [0.4, 0.5) is 13.2 Å². The van der Waals surface area contributed by atoms with Crippen LogP contribution >= 0.6 is 27.5 Å². The largest absolute Gasteiger partial charge is 0.573 e. The zero-order valence-corrected chi connectivity index (χ0v) is 27.1. The predicted molar refractivity (Wildman–Crippen MR) is 172 cm³/mol. The molecule has 0 saturated heterocycles. The van der Waals surface area contributed by atoms with Gasteiger partial charge in [0, 0.05) is 40.3 Å². The van der Waals surface area contributed by atoms with Gasteiger partial charge in [-0.3, -0.25) is 19.0 Å². The number of benzene rings is 3. The standard InChI is InChI=1S/C33H26BrClF3N5O4/c1-39-29(44)20-6-9-23(10-7-20)42-30-22(5-2-19-3-11-24(12-4-19)47-33(36,37)38)17-40-43(30)28-18-41(15-14-25(28)32(42)46)31(45)21-8-13-26(34)27(35)16-21/h3-4,6-13,16-17H,2,5,14-15,18H2,1H3,(H,39,44). The van der Waals surface area contributed by atoms with E-state index in [1.165, 1.54) is 19.2 Å². The van der Waals surface area contributed by atoms with Crippen LogP contribution < -0.4 is 15.6 Å². The van der Waals surface area contributed by atoms with Crippen LogP contribution in [-0.4, -0.2) is 50.9 Å². The Hall–Kier alpha value is -4.62. The molecule has 9 nitrogen and oxygen atoms in total. The molecule has 47 heavy (non-hydrogen) atoms. The summed E-state index contributed by atoms with van der Waals surface area (Å²) < 4.78 is 45.7. The first kappa shape index (κ1) is 32.3. The Balaban J connectivity index is 1.39. The smallest absolute Gasteiger partial charge is 0.406 e. The first-order valence-corrected chi connectivity index (χ1v) is 15.7. The Morgan fingerprint density at radius 3 is 2.38 bits per heavy atom. The summed E-state index contributed by atoms with van der Waals surface area (Å²) in [5.41, 5.74) is 4.13. The number of nitrogens with zero attached hydrogens (tertiary/aromatic N) is 4. The highest BCUT2D eigenvalue weighted by molar-refractivity contribution is 9.10. The molecule has 0 fully saturated rings. The molecule has 0 atom stereocenters. The van der Waals surface area contributed by atoms with Crippen molar-refractivity contribution in [3.8, 4) is 11.4 Å². The third-order valence-electron chi connectivity index (χ3n) is 7.97. The van der Waals surface area contributed by atoms with Crippen molar-refractivity contribution >= 4 is 45.0 Å². The van der Waals surface area contributed by atoms with Crippen molar-refractivity contribution in [1.82, 2.24) is 24.4 Å². The van der Waals surface area contributed by atoms with Gasteiger partial charge in [-0.05, 0) is 95.4 Å². The SMILES string of the molecule is CNC(=O)c1ccc(-n2c(=O)c3c(n4ncc(CCc5ccc(OC(F)(F)F)cc5)c24)CN(C(=O)c2ccc(Br)c(Cl)c2)CC3)cc1. The number of halogens is 5. The van der Waals surface area contributed by atoms with E-state index in [0.717, 1.165) is 5.56 Å². The normalized spacial score (nSPS) is 13.0. The van der Waals surface area contributed by atoms with E-state index in [-0.39, 0.29) is 36.1 Å². The molecule has 0 bridgehead atoms. The third kappa shape index (κ3) is 6.63. The van der Waals surface area contributed by atoms with Gasteiger partial charge in [0.2, 0.25) is 0 Å². The zero-order valence-electron chi connectivity index (χ0n) is 24.8. The lowest BCUT2D eigenvalue weighted by atomic mass is 10.0. The van der Waals surface area contributed by atoms with E-state index >= 15 is 0 Å². The van der Waals surface area contributed by atoms with Crippen molar-refractivity contribution in [3.63, 3.8) is 0 Å². The highest BCUT2D eigenvalue weighted by Crippen LogP contribution is 2.28. The molecule has 0 radical (unpaired) electrons. The fourth-order valence-electron chi connectivity index (χ4n) is 5.66. The van der Waals surface area contributed by atoms with Crippen molar-refractivity contribution in [2.24, 2.45) is 0 Å². The summed E-state index contributed by atoms with van der Waals surface area (Å²) in [7, 11) is 1.53. The van der Waals surface area contributed by atoms with E-state index in [9.17, 15) is 27.6 Å². The number of ether oxygens (including phenoxy) is 1. The Labute approximate surface area is 279 Å². The van der Waals surface area contributed by atoms with E-state index in [1.54, 1.807) is 74.8 Å². The van der Waals surface area contributed by atoms with Crippen molar-refractivity contribution in [1.29, 1.82) is 0 Å². The number of rotatable bonds is 7. The van der Waals surface area contributed by atoms with Gasteiger partial charge in [0.15, 0.2) is 0 Å². The molecule has 2 amide bonds. The number of carbonyl (C=O) groups excluding carboxylic acids is 2. The summed E-state index contributed by atoms with van der Waals surface area (Å²) in [5.74, 6) is -0.826. The van der Waals surface area contributed by atoms with Crippen LogP contribution in [0, 0.1) is 0 Å². The number of hydrogen-bond acceptors (Lipinski definition) is 5. The van der Waals surface area contributed by atoms with Crippen LogP contribution in [0.15, 0.2) is 82.2 Å². The highest BCUT2D eigenvalue weighted by atomic mass is 79.9. The molecule has 1 aliphatic heterocycles. The van der Waals surface area contributed by atoms with Crippen LogP contribution in [0.3, 0.4) is 0 Å². The molecule has 3 heterocycles. The number of amides is 2. The van der Waals surface area contributed by atoms with Crippen LogP contribution in [-0.2, 0) is 25.8 Å². The van der Waals surface area contributed by atoms with Crippen molar-refractivity contribution < 1.29 is 27.5 Å². The topological polar surface area (TPSA) is 97.9 Å². The lowest BCUT2D eigenvalue weighted by molar-refractivity contribution is -0.274. The summed E-state index contributed by atoms with van der Waals surface area (Å²) in [4.78, 5) is 41.5. The number of aromatic nitrogens is 3. The summed E-state index contributed by atoms with van der Waals surface area (Å²) in [6.45, 7) is 0.434. The molecule has 5 aromatic rings. The van der Waals surface area contributed by atoms with E-state index in [0.29, 0.717) is 68.2 Å². The summed E-state index contributed by atoms with van der Waals surface area (Å²) in [6, 6.07) is 17.2. The summed E-state index contributed by atoms with van der Waals surface area (Å²) in [5, 5.41) is 7.64. The molecule has 14 heteroatoms. The average Bonchev–Trinajstić information content (AvgIpc) is 3.48. The van der Waals surface area contributed by atoms with Gasteiger partial charge in [-0.2, -0.15) is 5.10 Å². The van der Waals surface area contributed by atoms with E-state index in [4.69, 9.17) is 11.6 Å². The van der Waals surface area contributed by atoms with Gasteiger partial charge < -0.3 is 15.0 Å². The molecule has 6 rings (SSSR count). The zero-order chi connectivity index (χ0) is 33.5. The maximum atomic E-state index is 14.2. The van der Waals surface area contributed by atoms with Gasteiger partial charge >= 0.3 is 6.36 Å². The van der Waals surface area contributed by atoms with Crippen molar-refractivity contribution in [2.75, 3.05) is 13.6 Å². The Kier molecular flexibility index (Phi) is 8.86. The number of alkyl halides is 3. The molecular weight excluding hydrogens is 703 g/mol. The second-order valence-corrected chi connectivity index (χ2v) is 12.2. The molecule has 0 aliphatic carbocycles. The molecular formula is C33H26BrClF3N5O4.